The number of nitrogens with zero attached hydrogens (tertiary/aromatic N) is 2. The lowest BCUT2D eigenvalue weighted by Crippen LogP contribution is -2.34. The Labute approximate surface area is 180 Å². The highest BCUT2D eigenvalue weighted by Gasteiger charge is 2.30. The summed E-state index contributed by atoms with van der Waals surface area (Å²) in [4.78, 5) is 26.8. The maximum absolute atomic E-state index is 12.8. The molecule has 1 saturated heterocycles. The number of sulfonamides is 1. The molecule has 1 N–H and O–H groups in total. The smallest absolute Gasteiger partial charge is 0.240 e. The van der Waals surface area contributed by atoms with Crippen molar-refractivity contribution in [2.45, 2.75) is 23.8 Å². The molecule has 0 aliphatic carbocycles. The summed E-state index contributed by atoms with van der Waals surface area (Å²) in [5, 5.41) is 0.953. The minimum absolute atomic E-state index is 0.0532. The second-order valence-electron chi connectivity index (χ2n) is 7.63. The standard InChI is InChI=1S/C22H23N3O5S/c1-24(2)18(20-13-15-5-3-4-6-19(15)30-20)14-23-31(28,29)17-9-7-16(8-10-17)25-21(26)11-12-22(25)27/h3-10,13,18,23H,11-12,14H2,1-2H3/t18-/m0/s1. The average Bonchev–Trinajstić information content (AvgIpc) is 3.30. The summed E-state index contributed by atoms with van der Waals surface area (Å²) in [5.74, 6) is 0.104. The number of nitrogens with one attached hydrogen (secondary N) is 1. The molecule has 2 heterocycles. The van der Waals surface area contributed by atoms with E-state index in [4.69, 9.17) is 4.42 Å². The first-order chi connectivity index (χ1) is 14.8. The van der Waals surface area contributed by atoms with E-state index in [0.29, 0.717) is 11.4 Å². The molecular formula is C22H23N3O5S. The molecule has 1 aliphatic heterocycles. The normalized spacial score (nSPS) is 15.9. The SMILES string of the molecule is CN(C)[C@@H](CNS(=O)(=O)c1ccc(N2C(=O)CCC2=O)cc1)c1cc2ccccc2o1. The fourth-order valence-electron chi connectivity index (χ4n) is 3.62. The number of hydrogen-bond acceptors (Lipinski definition) is 6. The van der Waals surface area contributed by atoms with E-state index in [2.05, 4.69) is 4.72 Å². The van der Waals surface area contributed by atoms with Crippen LogP contribution in [0.2, 0.25) is 0 Å². The van der Waals surface area contributed by atoms with E-state index in [-0.39, 0.29) is 42.1 Å². The van der Waals surface area contributed by atoms with Gasteiger partial charge in [0.05, 0.1) is 16.6 Å². The highest BCUT2D eigenvalue weighted by Crippen LogP contribution is 2.27. The molecule has 1 aromatic heterocycles. The number of anilines is 1. The maximum Gasteiger partial charge on any atom is 0.240 e. The van der Waals surface area contributed by atoms with Gasteiger partial charge in [-0.15, -0.1) is 0 Å². The third-order valence-corrected chi connectivity index (χ3v) is 6.76. The van der Waals surface area contributed by atoms with Gasteiger partial charge >= 0.3 is 0 Å². The van der Waals surface area contributed by atoms with E-state index < -0.39 is 10.0 Å². The first kappa shape index (κ1) is 21.2. The molecule has 162 valence electrons. The van der Waals surface area contributed by atoms with Gasteiger partial charge in [-0.25, -0.2) is 13.1 Å². The number of rotatable bonds is 7. The van der Waals surface area contributed by atoms with Crippen molar-refractivity contribution >= 4 is 38.5 Å². The number of imide groups is 1. The van der Waals surface area contributed by atoms with Crippen LogP contribution in [0.15, 0.2) is 63.9 Å². The van der Waals surface area contributed by atoms with Gasteiger partial charge in [-0.1, -0.05) is 18.2 Å². The molecule has 0 unspecified atom stereocenters. The molecule has 0 bridgehead atoms. The Morgan fingerprint density at radius 2 is 1.68 bits per heavy atom. The highest BCUT2D eigenvalue weighted by atomic mass is 32.2. The van der Waals surface area contributed by atoms with Crippen LogP contribution >= 0.6 is 0 Å². The fourth-order valence-corrected chi connectivity index (χ4v) is 4.65. The lowest BCUT2D eigenvalue weighted by Gasteiger charge is -2.22. The lowest BCUT2D eigenvalue weighted by molar-refractivity contribution is -0.121. The highest BCUT2D eigenvalue weighted by molar-refractivity contribution is 7.89. The Hall–Kier alpha value is -3.01. The predicted octanol–water partition coefficient (Wildman–Crippen LogP) is 2.67. The number of para-hydroxylation sites is 1. The molecule has 8 nitrogen and oxygen atoms in total. The van der Waals surface area contributed by atoms with Crippen molar-refractivity contribution in [3.05, 3.63) is 60.4 Å². The minimum atomic E-state index is -3.80. The minimum Gasteiger partial charge on any atom is -0.459 e. The van der Waals surface area contributed by atoms with Crippen LogP contribution in [0.25, 0.3) is 11.0 Å². The number of carbonyl (C=O) groups excluding carboxylic acids is 2. The number of likely N-dealkylation sites (N-methyl/N-ethyl adjacent to an activating group) is 1. The second-order valence-corrected chi connectivity index (χ2v) is 9.40. The van der Waals surface area contributed by atoms with Crippen molar-refractivity contribution in [1.82, 2.24) is 9.62 Å². The van der Waals surface area contributed by atoms with Crippen LogP contribution in [0.3, 0.4) is 0 Å². The van der Waals surface area contributed by atoms with Gasteiger partial charge in [-0.2, -0.15) is 0 Å². The van der Waals surface area contributed by atoms with Crippen LogP contribution in [-0.4, -0.2) is 45.8 Å². The van der Waals surface area contributed by atoms with Gasteiger partial charge in [0, 0.05) is 24.8 Å². The molecule has 1 aliphatic rings. The molecule has 9 heteroatoms. The summed E-state index contributed by atoms with van der Waals surface area (Å²) in [6.07, 6.45) is 0.350. The van der Waals surface area contributed by atoms with Gasteiger partial charge < -0.3 is 4.42 Å². The molecule has 0 saturated carbocycles. The van der Waals surface area contributed by atoms with Crippen LogP contribution in [-0.2, 0) is 19.6 Å². The van der Waals surface area contributed by atoms with Gasteiger partial charge in [0.15, 0.2) is 0 Å². The van der Waals surface area contributed by atoms with Crippen LogP contribution < -0.4 is 9.62 Å². The van der Waals surface area contributed by atoms with E-state index in [1.54, 1.807) is 0 Å². The van der Waals surface area contributed by atoms with Crippen molar-refractivity contribution in [2.75, 3.05) is 25.5 Å². The molecule has 3 aromatic rings. The summed E-state index contributed by atoms with van der Waals surface area (Å²) in [6, 6.07) is 14.9. The summed E-state index contributed by atoms with van der Waals surface area (Å²) in [6.45, 7) is 0.111. The maximum atomic E-state index is 12.8. The van der Waals surface area contributed by atoms with E-state index >= 15 is 0 Å². The topological polar surface area (TPSA) is 99.9 Å². The molecule has 4 rings (SSSR count). The average molecular weight is 442 g/mol. The summed E-state index contributed by atoms with van der Waals surface area (Å²) >= 11 is 0. The largest absolute Gasteiger partial charge is 0.459 e. The van der Waals surface area contributed by atoms with Crippen molar-refractivity contribution in [3.63, 3.8) is 0 Å². The van der Waals surface area contributed by atoms with Gasteiger partial charge in [-0.3, -0.25) is 19.4 Å². The summed E-state index contributed by atoms with van der Waals surface area (Å²) < 4.78 is 34.2. The number of fused-ring (bicyclic) bond motifs is 1. The molecule has 1 atom stereocenters. The van der Waals surface area contributed by atoms with Gasteiger partial charge in [0.2, 0.25) is 21.8 Å². The number of benzene rings is 2. The van der Waals surface area contributed by atoms with Crippen LogP contribution in [0.5, 0.6) is 0 Å². The second kappa shape index (κ2) is 8.26. The number of furan rings is 1. The Bertz CT molecular complexity index is 1180. The number of amides is 2. The fraction of sp³-hybridized carbons (Fsp3) is 0.273. The summed E-state index contributed by atoms with van der Waals surface area (Å²) in [5.41, 5.74) is 1.12. The molecular weight excluding hydrogens is 418 g/mol. The van der Waals surface area contributed by atoms with Crippen LogP contribution in [0.4, 0.5) is 5.69 Å². The monoisotopic (exact) mass is 441 g/mol. The third kappa shape index (κ3) is 4.25. The third-order valence-electron chi connectivity index (χ3n) is 5.32. The zero-order valence-corrected chi connectivity index (χ0v) is 18.1. The molecule has 31 heavy (non-hydrogen) atoms. The van der Waals surface area contributed by atoms with Gasteiger partial charge in [0.1, 0.15) is 11.3 Å². The van der Waals surface area contributed by atoms with Crippen LogP contribution in [0, 0.1) is 0 Å². The Morgan fingerprint density at radius 1 is 1.03 bits per heavy atom. The van der Waals surface area contributed by atoms with Gasteiger partial charge in [-0.05, 0) is 50.5 Å². The quantitative estimate of drug-likeness (QED) is 0.566. The lowest BCUT2D eigenvalue weighted by atomic mass is 10.2. The first-order valence-electron chi connectivity index (χ1n) is 9.87. The predicted molar refractivity (Wildman–Crippen MR) is 116 cm³/mol. The number of carbonyl (C=O) groups is 2. The summed E-state index contributed by atoms with van der Waals surface area (Å²) in [7, 11) is -0.0966. The molecule has 2 amide bonds. The Morgan fingerprint density at radius 3 is 2.29 bits per heavy atom. The van der Waals surface area contributed by atoms with Crippen molar-refractivity contribution < 1.29 is 22.4 Å². The molecule has 2 aromatic carbocycles. The first-order valence-corrected chi connectivity index (χ1v) is 11.3. The van der Waals surface area contributed by atoms with E-state index in [1.165, 1.54) is 24.3 Å². The van der Waals surface area contributed by atoms with Crippen molar-refractivity contribution in [3.8, 4) is 0 Å². The Balaban J connectivity index is 1.50. The van der Waals surface area contributed by atoms with E-state index in [1.807, 2.05) is 49.3 Å². The van der Waals surface area contributed by atoms with E-state index in [9.17, 15) is 18.0 Å². The van der Waals surface area contributed by atoms with Crippen molar-refractivity contribution in [2.24, 2.45) is 0 Å². The number of hydrogen-bond donors (Lipinski definition) is 1. The van der Waals surface area contributed by atoms with Crippen LogP contribution in [0.1, 0.15) is 24.6 Å². The molecule has 0 spiro atoms. The zero-order valence-electron chi connectivity index (χ0n) is 17.2. The van der Waals surface area contributed by atoms with E-state index in [0.717, 1.165) is 15.9 Å². The van der Waals surface area contributed by atoms with Crippen molar-refractivity contribution in [1.29, 1.82) is 0 Å². The molecule has 0 radical (unpaired) electrons. The van der Waals surface area contributed by atoms with Gasteiger partial charge in [0.25, 0.3) is 0 Å². The zero-order chi connectivity index (χ0) is 22.2. The molecule has 1 fully saturated rings. The Kier molecular flexibility index (Phi) is 5.65.